The number of carbonyl (C=O) groups excluding carboxylic acids is 1. The highest BCUT2D eigenvalue weighted by Crippen LogP contribution is 2.32. The number of carbonyl (C=O) groups is 1. The summed E-state index contributed by atoms with van der Waals surface area (Å²) in [7, 11) is 0. The first-order valence-electron chi connectivity index (χ1n) is 8.00. The van der Waals surface area contributed by atoms with Crippen molar-refractivity contribution in [3.8, 4) is 0 Å². The zero-order valence-corrected chi connectivity index (χ0v) is 13.4. The van der Waals surface area contributed by atoms with Crippen LogP contribution in [0.1, 0.15) is 53.5 Å². The van der Waals surface area contributed by atoms with Crippen LogP contribution in [-0.2, 0) is 0 Å². The molecule has 1 aliphatic heterocycles. The van der Waals surface area contributed by atoms with Crippen molar-refractivity contribution in [2.24, 2.45) is 5.73 Å². The van der Waals surface area contributed by atoms with E-state index in [-0.39, 0.29) is 17.7 Å². The summed E-state index contributed by atoms with van der Waals surface area (Å²) in [5.74, 6) is -1.49. The fourth-order valence-corrected chi connectivity index (χ4v) is 3.32. The molecule has 2 unspecified atom stereocenters. The lowest BCUT2D eigenvalue weighted by Gasteiger charge is -2.36. The van der Waals surface area contributed by atoms with Crippen LogP contribution in [0.5, 0.6) is 0 Å². The lowest BCUT2D eigenvalue weighted by Crippen LogP contribution is -2.36. The molecule has 1 saturated heterocycles. The van der Waals surface area contributed by atoms with Gasteiger partial charge in [-0.05, 0) is 38.4 Å². The summed E-state index contributed by atoms with van der Waals surface area (Å²) < 4.78 is 27.1. The molecule has 3 rings (SSSR count). The van der Waals surface area contributed by atoms with Gasteiger partial charge in [0.15, 0.2) is 0 Å². The van der Waals surface area contributed by atoms with Crippen molar-refractivity contribution in [2.45, 2.75) is 31.7 Å². The quantitative estimate of drug-likeness (QED) is 0.903. The van der Waals surface area contributed by atoms with Crippen LogP contribution in [-0.4, -0.2) is 34.1 Å². The normalized spacial score (nSPS) is 20.0. The smallest absolute Gasteiger partial charge is 0.269 e. The predicted molar refractivity (Wildman–Crippen MR) is 85.4 cm³/mol. The number of likely N-dealkylation sites (tertiary alicyclic amines) is 1. The number of hydrogen-bond donors (Lipinski definition) is 2. The summed E-state index contributed by atoms with van der Waals surface area (Å²) in [4.78, 5) is 13.3. The fourth-order valence-electron chi connectivity index (χ4n) is 3.32. The van der Waals surface area contributed by atoms with Crippen LogP contribution in [0.2, 0.25) is 0 Å². The van der Waals surface area contributed by atoms with Crippen LogP contribution >= 0.6 is 0 Å². The van der Waals surface area contributed by atoms with Crippen molar-refractivity contribution in [3.63, 3.8) is 0 Å². The SMILES string of the molecule is CC(c1ccc(F)cc1F)N1CCCC(c2cc(C(N)=O)n[nH]2)C1. The molecule has 0 saturated carbocycles. The highest BCUT2D eigenvalue weighted by Gasteiger charge is 2.28. The van der Waals surface area contributed by atoms with Crippen molar-refractivity contribution < 1.29 is 13.6 Å². The second-order valence-corrected chi connectivity index (χ2v) is 6.25. The van der Waals surface area contributed by atoms with E-state index in [1.165, 1.54) is 12.1 Å². The van der Waals surface area contributed by atoms with Gasteiger partial charge in [0.2, 0.25) is 0 Å². The van der Waals surface area contributed by atoms with Gasteiger partial charge in [-0.3, -0.25) is 14.8 Å². The van der Waals surface area contributed by atoms with E-state index in [4.69, 9.17) is 5.73 Å². The maximum Gasteiger partial charge on any atom is 0.269 e. The maximum absolute atomic E-state index is 14.0. The molecule has 2 heterocycles. The number of primary amides is 1. The van der Waals surface area contributed by atoms with E-state index in [1.807, 2.05) is 6.92 Å². The highest BCUT2D eigenvalue weighted by atomic mass is 19.1. The number of nitrogens with zero attached hydrogens (tertiary/aromatic N) is 2. The van der Waals surface area contributed by atoms with Gasteiger partial charge in [0.05, 0.1) is 0 Å². The van der Waals surface area contributed by atoms with Crippen molar-refractivity contribution in [1.29, 1.82) is 0 Å². The van der Waals surface area contributed by atoms with Gasteiger partial charge >= 0.3 is 0 Å². The number of hydrogen-bond acceptors (Lipinski definition) is 3. The molecule has 0 radical (unpaired) electrons. The molecule has 2 aromatic rings. The topological polar surface area (TPSA) is 75.0 Å². The number of halogens is 2. The van der Waals surface area contributed by atoms with Gasteiger partial charge in [0.25, 0.3) is 5.91 Å². The lowest BCUT2D eigenvalue weighted by atomic mass is 9.92. The Labute approximate surface area is 138 Å². The highest BCUT2D eigenvalue weighted by molar-refractivity contribution is 5.90. The molecule has 1 aliphatic rings. The average Bonchev–Trinajstić information content (AvgIpc) is 3.05. The molecule has 5 nitrogen and oxygen atoms in total. The first kappa shape index (κ1) is 16.6. The minimum absolute atomic E-state index is 0.160. The molecule has 3 N–H and O–H groups in total. The van der Waals surface area contributed by atoms with E-state index in [1.54, 1.807) is 6.07 Å². The summed E-state index contributed by atoms with van der Waals surface area (Å²) in [5, 5.41) is 6.80. The van der Waals surface area contributed by atoms with Crippen LogP contribution in [0.15, 0.2) is 24.3 Å². The number of rotatable bonds is 4. The Kier molecular flexibility index (Phi) is 4.62. The number of piperidine rings is 1. The van der Waals surface area contributed by atoms with Crippen molar-refractivity contribution in [1.82, 2.24) is 15.1 Å². The molecule has 0 bridgehead atoms. The van der Waals surface area contributed by atoms with Crippen LogP contribution in [0, 0.1) is 11.6 Å². The van der Waals surface area contributed by atoms with E-state index in [0.29, 0.717) is 12.1 Å². The van der Waals surface area contributed by atoms with Gasteiger partial charge < -0.3 is 5.73 Å². The molecular formula is C17H20F2N4O. The van der Waals surface area contributed by atoms with Crippen molar-refractivity contribution in [3.05, 3.63) is 52.9 Å². The molecule has 128 valence electrons. The van der Waals surface area contributed by atoms with Gasteiger partial charge in [-0.1, -0.05) is 6.07 Å². The Morgan fingerprint density at radius 2 is 2.21 bits per heavy atom. The Bertz CT molecular complexity index is 746. The molecule has 0 aliphatic carbocycles. The molecule has 24 heavy (non-hydrogen) atoms. The molecule has 2 atom stereocenters. The summed E-state index contributed by atoms with van der Waals surface area (Å²) >= 11 is 0. The molecule has 0 spiro atoms. The maximum atomic E-state index is 14.0. The van der Waals surface area contributed by atoms with Crippen LogP contribution < -0.4 is 5.73 Å². The van der Waals surface area contributed by atoms with E-state index in [9.17, 15) is 13.6 Å². The average molecular weight is 334 g/mol. The van der Waals surface area contributed by atoms with Gasteiger partial charge in [0.1, 0.15) is 17.3 Å². The first-order valence-corrected chi connectivity index (χ1v) is 8.00. The third-order valence-corrected chi connectivity index (χ3v) is 4.70. The van der Waals surface area contributed by atoms with E-state index in [2.05, 4.69) is 15.1 Å². The minimum Gasteiger partial charge on any atom is -0.364 e. The Hall–Kier alpha value is -2.28. The summed E-state index contributed by atoms with van der Waals surface area (Å²) in [6, 6.07) is 5.22. The summed E-state index contributed by atoms with van der Waals surface area (Å²) in [5.41, 5.74) is 6.80. The zero-order valence-electron chi connectivity index (χ0n) is 13.4. The van der Waals surface area contributed by atoms with Gasteiger partial charge in [-0.2, -0.15) is 5.10 Å². The van der Waals surface area contributed by atoms with Crippen molar-refractivity contribution >= 4 is 5.91 Å². The van der Waals surface area contributed by atoms with Gasteiger partial charge in [-0.15, -0.1) is 0 Å². The number of aromatic nitrogens is 2. The third kappa shape index (κ3) is 3.31. The second-order valence-electron chi connectivity index (χ2n) is 6.25. The van der Waals surface area contributed by atoms with Crippen LogP contribution in [0.4, 0.5) is 8.78 Å². The molecule has 1 amide bonds. The Morgan fingerprint density at radius 1 is 1.42 bits per heavy atom. The lowest BCUT2D eigenvalue weighted by molar-refractivity contribution is 0.0995. The van der Waals surface area contributed by atoms with E-state index < -0.39 is 17.5 Å². The number of H-pyrrole nitrogens is 1. The molecule has 1 aromatic carbocycles. The second kappa shape index (κ2) is 6.68. The van der Waals surface area contributed by atoms with E-state index in [0.717, 1.165) is 31.1 Å². The third-order valence-electron chi connectivity index (χ3n) is 4.70. The fraction of sp³-hybridized carbons (Fsp3) is 0.412. The number of amides is 1. The van der Waals surface area contributed by atoms with Crippen LogP contribution in [0.25, 0.3) is 0 Å². The van der Waals surface area contributed by atoms with Crippen molar-refractivity contribution in [2.75, 3.05) is 13.1 Å². The minimum atomic E-state index is -0.573. The Morgan fingerprint density at radius 3 is 2.88 bits per heavy atom. The Balaban J connectivity index is 1.75. The zero-order chi connectivity index (χ0) is 17.3. The largest absolute Gasteiger partial charge is 0.364 e. The predicted octanol–water partition coefficient (Wildman–Crippen LogP) is 2.73. The molecular weight excluding hydrogens is 314 g/mol. The van der Waals surface area contributed by atoms with Gasteiger partial charge in [-0.25, -0.2) is 8.78 Å². The van der Waals surface area contributed by atoms with Crippen LogP contribution in [0.3, 0.4) is 0 Å². The molecule has 1 fully saturated rings. The molecule has 7 heteroatoms. The number of benzene rings is 1. The number of nitrogens with two attached hydrogens (primary N) is 1. The number of aromatic amines is 1. The van der Waals surface area contributed by atoms with E-state index >= 15 is 0 Å². The number of nitrogens with one attached hydrogen (secondary N) is 1. The first-order chi connectivity index (χ1) is 11.5. The summed E-state index contributed by atoms with van der Waals surface area (Å²) in [6.45, 7) is 3.46. The van der Waals surface area contributed by atoms with Gasteiger partial charge in [0, 0.05) is 35.8 Å². The monoisotopic (exact) mass is 334 g/mol. The molecule has 1 aromatic heterocycles. The standard InChI is InChI=1S/C17H20F2N4O/c1-10(13-5-4-12(18)7-14(13)19)23-6-2-3-11(9-23)15-8-16(17(20)24)22-21-15/h4-5,7-8,10-11H,2-3,6,9H2,1H3,(H2,20,24)(H,21,22). The summed E-state index contributed by atoms with van der Waals surface area (Å²) in [6.07, 6.45) is 1.90.